The zero-order valence-corrected chi connectivity index (χ0v) is 11.8. The molecule has 0 radical (unpaired) electrons. The van der Waals surface area contributed by atoms with Crippen LogP contribution in [0.15, 0.2) is 22.6 Å². The molecule has 1 unspecified atom stereocenters. The summed E-state index contributed by atoms with van der Waals surface area (Å²) in [6.07, 6.45) is 2.65. The van der Waals surface area contributed by atoms with Crippen LogP contribution in [0.25, 0.3) is 11.1 Å². The number of ether oxygens (including phenoxy) is 1. The number of fused-ring (bicyclic) bond motifs is 1. The Bertz CT molecular complexity index is 580. The van der Waals surface area contributed by atoms with Gasteiger partial charge in [-0.3, -0.25) is 4.90 Å². The minimum Gasteiger partial charge on any atom is -0.439 e. The Morgan fingerprint density at radius 1 is 1.50 bits per heavy atom. The third kappa shape index (κ3) is 2.94. The van der Waals surface area contributed by atoms with E-state index >= 15 is 0 Å². The maximum absolute atomic E-state index is 5.77. The third-order valence-corrected chi connectivity index (χ3v) is 3.68. The molecule has 0 bridgehead atoms. The predicted octanol–water partition coefficient (Wildman–Crippen LogP) is 2.41. The van der Waals surface area contributed by atoms with Crippen molar-refractivity contribution in [2.75, 3.05) is 25.4 Å². The van der Waals surface area contributed by atoms with Crippen LogP contribution in [-0.2, 0) is 11.3 Å². The highest BCUT2D eigenvalue weighted by Crippen LogP contribution is 2.21. The zero-order chi connectivity index (χ0) is 13.9. The molecule has 2 N–H and O–H groups in total. The maximum Gasteiger partial charge on any atom is 0.209 e. The number of piperidine rings is 1. The van der Waals surface area contributed by atoms with Crippen LogP contribution in [0.5, 0.6) is 0 Å². The summed E-state index contributed by atoms with van der Waals surface area (Å²) in [6, 6.07) is 5.56. The van der Waals surface area contributed by atoms with Gasteiger partial charge in [-0.1, -0.05) is 0 Å². The van der Waals surface area contributed by atoms with Crippen molar-refractivity contribution in [3.05, 3.63) is 24.1 Å². The lowest BCUT2D eigenvalue weighted by molar-refractivity contribution is 0.00169. The average Bonchev–Trinajstić information content (AvgIpc) is 2.81. The van der Waals surface area contributed by atoms with Crippen LogP contribution in [0.3, 0.4) is 0 Å². The van der Waals surface area contributed by atoms with Crippen molar-refractivity contribution < 1.29 is 9.15 Å². The summed E-state index contributed by atoms with van der Waals surface area (Å²) in [6.45, 7) is 5.59. The second-order valence-corrected chi connectivity index (χ2v) is 5.29. The Morgan fingerprint density at radius 3 is 3.25 bits per heavy atom. The number of nitrogens with two attached hydrogens (primary N) is 1. The van der Waals surface area contributed by atoms with Gasteiger partial charge in [0.15, 0.2) is 5.58 Å². The number of rotatable bonds is 4. The molecule has 1 atom stereocenters. The first-order valence-electron chi connectivity index (χ1n) is 7.23. The van der Waals surface area contributed by atoms with E-state index in [4.69, 9.17) is 14.9 Å². The predicted molar refractivity (Wildman–Crippen MR) is 78.3 cm³/mol. The van der Waals surface area contributed by atoms with Crippen LogP contribution in [0.2, 0.25) is 0 Å². The molecule has 5 heteroatoms. The van der Waals surface area contributed by atoms with E-state index in [0.29, 0.717) is 11.8 Å². The van der Waals surface area contributed by atoms with Crippen LogP contribution in [0, 0.1) is 0 Å². The molecule has 1 aliphatic heterocycles. The normalized spacial score (nSPS) is 20.6. The highest BCUT2D eigenvalue weighted by atomic mass is 16.5. The molecule has 3 rings (SSSR count). The number of nitrogens with zero attached hydrogens (tertiary/aromatic N) is 2. The zero-order valence-electron chi connectivity index (χ0n) is 11.8. The molecule has 1 saturated heterocycles. The van der Waals surface area contributed by atoms with Crippen molar-refractivity contribution in [1.29, 1.82) is 0 Å². The van der Waals surface area contributed by atoms with Crippen LogP contribution in [-0.4, -0.2) is 35.7 Å². The Kier molecular flexibility index (Phi) is 3.89. The summed E-state index contributed by atoms with van der Waals surface area (Å²) in [5.74, 6) is 0.753. The molecule has 0 amide bonds. The van der Waals surface area contributed by atoms with Crippen molar-refractivity contribution in [1.82, 2.24) is 9.88 Å². The lowest BCUT2D eigenvalue weighted by atomic mass is 10.1. The molecule has 2 aromatic rings. The third-order valence-electron chi connectivity index (χ3n) is 3.68. The first kappa shape index (κ1) is 13.4. The van der Waals surface area contributed by atoms with Gasteiger partial charge in [0.25, 0.3) is 0 Å². The van der Waals surface area contributed by atoms with Gasteiger partial charge >= 0.3 is 0 Å². The molecular formula is C15H21N3O2. The van der Waals surface area contributed by atoms with E-state index in [0.717, 1.165) is 56.1 Å². The topological polar surface area (TPSA) is 64.5 Å². The van der Waals surface area contributed by atoms with Crippen molar-refractivity contribution in [2.24, 2.45) is 0 Å². The van der Waals surface area contributed by atoms with Crippen LogP contribution < -0.4 is 5.73 Å². The van der Waals surface area contributed by atoms with Gasteiger partial charge in [0.05, 0.1) is 12.6 Å². The quantitative estimate of drug-likeness (QED) is 0.868. The molecule has 1 aliphatic rings. The van der Waals surface area contributed by atoms with Crippen molar-refractivity contribution in [3.8, 4) is 0 Å². The van der Waals surface area contributed by atoms with Crippen LogP contribution in [0.1, 0.15) is 25.7 Å². The number of oxazole rings is 1. The average molecular weight is 275 g/mol. The summed E-state index contributed by atoms with van der Waals surface area (Å²) in [7, 11) is 0. The van der Waals surface area contributed by atoms with Gasteiger partial charge in [-0.15, -0.1) is 0 Å². The summed E-state index contributed by atoms with van der Waals surface area (Å²) in [5, 5.41) is 0. The van der Waals surface area contributed by atoms with Gasteiger partial charge in [0, 0.05) is 18.8 Å². The Morgan fingerprint density at radius 2 is 2.40 bits per heavy atom. The number of hydrogen-bond donors (Lipinski definition) is 1. The Balaban J connectivity index is 1.69. The first-order chi connectivity index (χ1) is 9.74. The number of anilines is 1. The van der Waals surface area contributed by atoms with E-state index < -0.39 is 0 Å². The molecule has 0 aliphatic carbocycles. The lowest BCUT2D eigenvalue weighted by Gasteiger charge is -2.31. The molecule has 1 aromatic carbocycles. The smallest absolute Gasteiger partial charge is 0.209 e. The minimum absolute atomic E-state index is 0.341. The van der Waals surface area contributed by atoms with Gasteiger partial charge < -0.3 is 14.9 Å². The molecule has 0 saturated carbocycles. The van der Waals surface area contributed by atoms with Crippen molar-refractivity contribution >= 4 is 16.8 Å². The lowest BCUT2D eigenvalue weighted by Crippen LogP contribution is -2.39. The van der Waals surface area contributed by atoms with E-state index in [9.17, 15) is 0 Å². The fraction of sp³-hybridized carbons (Fsp3) is 0.533. The fourth-order valence-corrected chi connectivity index (χ4v) is 2.78. The van der Waals surface area contributed by atoms with Gasteiger partial charge in [0.1, 0.15) is 5.52 Å². The number of likely N-dealkylation sites (tertiary alicyclic amines) is 1. The highest BCUT2D eigenvalue weighted by molar-refractivity contribution is 5.76. The standard InChI is InChI=1S/C15H21N3O2/c1-2-19-12-4-3-7-18(9-12)10-15-17-13-8-11(16)5-6-14(13)20-15/h5-6,8,12H,2-4,7,9-10,16H2,1H3. The van der Waals surface area contributed by atoms with E-state index in [2.05, 4.69) is 9.88 Å². The molecule has 20 heavy (non-hydrogen) atoms. The monoisotopic (exact) mass is 275 g/mol. The molecule has 2 heterocycles. The largest absolute Gasteiger partial charge is 0.439 e. The van der Waals surface area contributed by atoms with E-state index in [1.165, 1.54) is 0 Å². The van der Waals surface area contributed by atoms with Gasteiger partial charge in [0.2, 0.25) is 5.89 Å². The Hall–Kier alpha value is -1.59. The Labute approximate surface area is 118 Å². The molecular weight excluding hydrogens is 254 g/mol. The first-order valence-corrected chi connectivity index (χ1v) is 7.23. The second kappa shape index (κ2) is 5.81. The number of aromatic nitrogens is 1. The summed E-state index contributed by atoms with van der Waals surface area (Å²) in [4.78, 5) is 6.85. The van der Waals surface area contributed by atoms with Gasteiger partial charge in [-0.25, -0.2) is 4.98 Å². The van der Waals surface area contributed by atoms with E-state index in [-0.39, 0.29) is 0 Å². The summed E-state index contributed by atoms with van der Waals surface area (Å²) in [5.41, 5.74) is 8.11. The summed E-state index contributed by atoms with van der Waals surface area (Å²) >= 11 is 0. The molecule has 108 valence electrons. The van der Waals surface area contributed by atoms with Gasteiger partial charge in [-0.2, -0.15) is 0 Å². The van der Waals surface area contributed by atoms with E-state index in [1.807, 2.05) is 25.1 Å². The number of hydrogen-bond acceptors (Lipinski definition) is 5. The van der Waals surface area contributed by atoms with Gasteiger partial charge in [-0.05, 0) is 44.5 Å². The minimum atomic E-state index is 0.341. The molecule has 1 fully saturated rings. The van der Waals surface area contributed by atoms with Crippen LogP contribution in [0.4, 0.5) is 5.69 Å². The molecule has 5 nitrogen and oxygen atoms in total. The summed E-state index contributed by atoms with van der Waals surface area (Å²) < 4.78 is 11.5. The maximum atomic E-state index is 5.77. The van der Waals surface area contributed by atoms with Crippen LogP contribution >= 0.6 is 0 Å². The molecule has 0 spiro atoms. The molecule has 1 aromatic heterocycles. The SMILES string of the molecule is CCOC1CCCN(Cc2nc3cc(N)ccc3o2)C1. The second-order valence-electron chi connectivity index (χ2n) is 5.29. The fourth-order valence-electron chi connectivity index (χ4n) is 2.78. The number of nitrogen functional groups attached to an aromatic ring is 1. The van der Waals surface area contributed by atoms with Crippen molar-refractivity contribution in [2.45, 2.75) is 32.4 Å². The number of benzene rings is 1. The van der Waals surface area contributed by atoms with E-state index in [1.54, 1.807) is 0 Å². The van der Waals surface area contributed by atoms with Crippen molar-refractivity contribution in [3.63, 3.8) is 0 Å². The highest BCUT2D eigenvalue weighted by Gasteiger charge is 2.21.